The van der Waals surface area contributed by atoms with Crippen molar-refractivity contribution < 1.29 is 9.90 Å². The molecule has 3 heterocycles. The fourth-order valence-corrected chi connectivity index (χ4v) is 7.05. The van der Waals surface area contributed by atoms with Crippen molar-refractivity contribution in [3.8, 4) is 50.3 Å². The maximum atomic E-state index is 8.86. The second-order valence-electron chi connectivity index (χ2n) is 12.4. The van der Waals surface area contributed by atoms with E-state index in [2.05, 4.69) is 89.9 Å². The van der Waals surface area contributed by atoms with Gasteiger partial charge < -0.3 is 8.98 Å². The van der Waals surface area contributed by atoms with Gasteiger partial charge in [0.25, 0.3) is 0 Å². The lowest BCUT2D eigenvalue weighted by Gasteiger charge is -2.10. The number of rotatable bonds is 5. The van der Waals surface area contributed by atoms with Crippen molar-refractivity contribution in [3.63, 3.8) is 0 Å². The third kappa shape index (κ3) is 4.61. The van der Waals surface area contributed by atoms with E-state index in [1.54, 1.807) is 6.33 Å². The number of benzene rings is 7. The molecule has 10 aromatic rings. The molecule has 10 rings (SSSR count). The molecule has 3 aromatic heterocycles. The minimum absolute atomic E-state index is 0.0551. The molecular formula is C46H29N3O. The van der Waals surface area contributed by atoms with E-state index in [9.17, 15) is 0 Å². The molecule has 0 saturated carbocycles. The summed E-state index contributed by atoms with van der Waals surface area (Å²) >= 11 is 0. The number of furan rings is 1. The molecule has 0 aliphatic heterocycles. The molecule has 0 spiro atoms. The largest absolute Gasteiger partial charge is 0.452 e. The molecule has 0 fully saturated rings. The monoisotopic (exact) mass is 643 g/mol. The zero-order valence-corrected chi connectivity index (χ0v) is 26.7. The number of aromatic nitrogens is 3. The average molecular weight is 644 g/mol. The van der Waals surface area contributed by atoms with Gasteiger partial charge in [-0.3, -0.25) is 0 Å². The van der Waals surface area contributed by atoms with E-state index in [4.69, 9.17) is 14.9 Å². The Labute approximate surface area is 294 Å². The van der Waals surface area contributed by atoms with Crippen molar-refractivity contribution in [2.75, 3.05) is 0 Å². The van der Waals surface area contributed by atoms with Gasteiger partial charge in [0.15, 0.2) is 5.58 Å². The molecule has 0 saturated heterocycles. The Bertz CT molecular complexity index is 3100. The average Bonchev–Trinajstić information content (AvgIpc) is 3.79. The number of hydrogen-bond acceptors (Lipinski definition) is 3. The zero-order valence-electron chi connectivity index (χ0n) is 30.7. The summed E-state index contributed by atoms with van der Waals surface area (Å²) < 4.78 is 42.7. The minimum Gasteiger partial charge on any atom is -0.452 e. The standard InChI is InChI=1S/C46H29N3O/c1-2-10-30(11-3-1)31-20-22-32(23-21-31)33-12-8-13-34(26-33)35-24-25-43-40(28-35)45-46(50-43)44(47-29-48-45)36-14-9-15-37(27-36)49-41-18-6-4-16-38(41)39-17-5-7-19-42(39)49/h1-29H/i4D,6D,16D,18D. The van der Waals surface area contributed by atoms with Crippen LogP contribution >= 0.6 is 0 Å². The van der Waals surface area contributed by atoms with Gasteiger partial charge in [-0.2, -0.15) is 0 Å². The lowest BCUT2D eigenvalue weighted by molar-refractivity contribution is 0.667. The fraction of sp³-hybridized carbons (Fsp3) is 0. The number of fused-ring (bicyclic) bond motifs is 6. The Morgan fingerprint density at radius 1 is 0.480 bits per heavy atom. The molecule has 4 heteroatoms. The van der Waals surface area contributed by atoms with Crippen LogP contribution in [0.3, 0.4) is 0 Å². The van der Waals surface area contributed by atoms with Gasteiger partial charge in [-0.15, -0.1) is 0 Å². The van der Waals surface area contributed by atoms with Crippen molar-refractivity contribution >= 4 is 43.9 Å². The maximum absolute atomic E-state index is 8.86. The lowest BCUT2D eigenvalue weighted by Crippen LogP contribution is -1.95. The van der Waals surface area contributed by atoms with Crippen LogP contribution < -0.4 is 0 Å². The summed E-state index contributed by atoms with van der Waals surface area (Å²) in [7, 11) is 0. The molecule has 0 aliphatic rings. The fourth-order valence-electron chi connectivity index (χ4n) is 7.05. The molecule has 7 aromatic carbocycles. The highest BCUT2D eigenvalue weighted by Gasteiger charge is 2.18. The molecule has 0 amide bonds. The van der Waals surface area contributed by atoms with Gasteiger partial charge in [-0.1, -0.05) is 127 Å². The quantitative estimate of drug-likeness (QED) is 0.187. The Hall–Kier alpha value is -6.78. The molecule has 4 nitrogen and oxygen atoms in total. The third-order valence-electron chi connectivity index (χ3n) is 9.46. The van der Waals surface area contributed by atoms with Crippen LogP contribution in [0.15, 0.2) is 181 Å². The van der Waals surface area contributed by atoms with E-state index in [1.165, 1.54) is 11.1 Å². The summed E-state index contributed by atoms with van der Waals surface area (Å²) in [4.78, 5) is 9.38. The van der Waals surface area contributed by atoms with Gasteiger partial charge in [-0.25, -0.2) is 9.97 Å². The van der Waals surface area contributed by atoms with E-state index < -0.39 is 0 Å². The van der Waals surface area contributed by atoms with Crippen molar-refractivity contribution in [2.24, 2.45) is 0 Å². The molecule has 0 aliphatic carbocycles. The summed E-state index contributed by atoms with van der Waals surface area (Å²) in [6, 6.07) is 48.6. The van der Waals surface area contributed by atoms with Gasteiger partial charge >= 0.3 is 0 Å². The Morgan fingerprint density at radius 2 is 1.14 bits per heavy atom. The highest BCUT2D eigenvalue weighted by atomic mass is 16.3. The molecule has 0 atom stereocenters. The number of nitrogens with zero attached hydrogens (tertiary/aromatic N) is 3. The van der Waals surface area contributed by atoms with Crippen LogP contribution in [-0.4, -0.2) is 14.5 Å². The van der Waals surface area contributed by atoms with E-state index in [-0.39, 0.29) is 24.2 Å². The van der Waals surface area contributed by atoms with E-state index in [0.717, 1.165) is 49.8 Å². The first kappa shape index (κ1) is 24.4. The first-order valence-corrected chi connectivity index (χ1v) is 16.5. The smallest absolute Gasteiger partial charge is 0.180 e. The summed E-state index contributed by atoms with van der Waals surface area (Å²) in [6.07, 6.45) is 1.56. The first-order valence-electron chi connectivity index (χ1n) is 18.5. The summed E-state index contributed by atoms with van der Waals surface area (Å²) in [5, 5.41) is 2.14. The molecule has 0 radical (unpaired) electrons. The Kier molecular flexibility index (Phi) is 5.57. The molecule has 0 bridgehead atoms. The summed E-state index contributed by atoms with van der Waals surface area (Å²) in [5.74, 6) is 0. The first-order chi connectivity index (χ1) is 26.4. The van der Waals surface area contributed by atoms with E-state index >= 15 is 0 Å². The van der Waals surface area contributed by atoms with Crippen LogP contribution in [0.25, 0.3) is 94.2 Å². The number of para-hydroxylation sites is 2. The van der Waals surface area contributed by atoms with Crippen LogP contribution in [0.1, 0.15) is 5.48 Å². The Balaban J connectivity index is 1.05. The lowest BCUT2D eigenvalue weighted by atomic mass is 9.96. The van der Waals surface area contributed by atoms with Gasteiger partial charge in [0.05, 0.1) is 16.5 Å². The Morgan fingerprint density at radius 3 is 2.02 bits per heavy atom. The van der Waals surface area contributed by atoms with Crippen LogP contribution in [0.5, 0.6) is 0 Å². The van der Waals surface area contributed by atoms with Crippen molar-refractivity contribution in [1.82, 2.24) is 14.5 Å². The van der Waals surface area contributed by atoms with Crippen molar-refractivity contribution in [1.29, 1.82) is 0 Å². The highest BCUT2D eigenvalue weighted by Crippen LogP contribution is 2.38. The SMILES string of the molecule is [2H]c1c([2H])c([2H])c2c(c1[2H])c1ccccc1n2-c1cccc(-c2ncnc3c2oc2ccc(-c4cccc(-c5ccc(-c6ccccc6)cc5)c4)cc23)c1. The summed E-state index contributed by atoms with van der Waals surface area (Å²) in [5.41, 5.74) is 12.1. The van der Waals surface area contributed by atoms with Gasteiger partial charge in [0.2, 0.25) is 0 Å². The zero-order chi connectivity index (χ0) is 36.5. The van der Waals surface area contributed by atoms with Crippen LogP contribution in [0.2, 0.25) is 0 Å². The third-order valence-corrected chi connectivity index (χ3v) is 9.46. The van der Waals surface area contributed by atoms with Gasteiger partial charge in [-0.05, 0) is 75.8 Å². The second kappa shape index (κ2) is 11.4. The normalized spacial score (nSPS) is 12.7. The van der Waals surface area contributed by atoms with E-state index in [1.807, 2.05) is 65.2 Å². The predicted molar refractivity (Wildman–Crippen MR) is 205 cm³/mol. The van der Waals surface area contributed by atoms with Crippen molar-refractivity contribution in [3.05, 3.63) is 176 Å². The van der Waals surface area contributed by atoms with Gasteiger partial charge in [0.1, 0.15) is 23.1 Å². The van der Waals surface area contributed by atoms with Crippen LogP contribution in [-0.2, 0) is 0 Å². The second-order valence-corrected chi connectivity index (χ2v) is 12.4. The molecule has 234 valence electrons. The maximum Gasteiger partial charge on any atom is 0.180 e. The van der Waals surface area contributed by atoms with Crippen LogP contribution in [0.4, 0.5) is 0 Å². The molecule has 0 unspecified atom stereocenters. The molecular weight excluding hydrogens is 611 g/mol. The van der Waals surface area contributed by atoms with Gasteiger partial charge in [0, 0.05) is 27.4 Å². The predicted octanol–water partition coefficient (Wildman–Crippen LogP) is 12.1. The summed E-state index contributed by atoms with van der Waals surface area (Å²) in [6.45, 7) is 0. The molecule has 50 heavy (non-hydrogen) atoms. The van der Waals surface area contributed by atoms with Crippen LogP contribution in [0, 0.1) is 0 Å². The number of hydrogen-bond donors (Lipinski definition) is 0. The minimum atomic E-state index is -0.268. The highest BCUT2D eigenvalue weighted by molar-refractivity contribution is 6.10. The van der Waals surface area contributed by atoms with E-state index in [0.29, 0.717) is 33.3 Å². The van der Waals surface area contributed by atoms with Crippen molar-refractivity contribution in [2.45, 2.75) is 0 Å². The molecule has 0 N–H and O–H groups in total. The topological polar surface area (TPSA) is 43.9 Å².